The summed E-state index contributed by atoms with van der Waals surface area (Å²) in [5, 5.41) is 11.2. The van der Waals surface area contributed by atoms with Crippen LogP contribution in [0.15, 0.2) is 18.2 Å². The van der Waals surface area contributed by atoms with E-state index in [0.29, 0.717) is 12.0 Å². The summed E-state index contributed by atoms with van der Waals surface area (Å²) in [5.74, 6) is 0.301. The molecule has 2 heteroatoms. The van der Waals surface area contributed by atoms with Gasteiger partial charge in [-0.05, 0) is 31.9 Å². The standard InChI is InChI=1S/C16H25NO/c1-11-6-7-15(12(2)8-11)16(18)9-14(4)17(5)10-13(16)3/h6-8,13-14,18H,9-10H2,1-5H3/p+1/t13-,14+,16+/m0/s1. The van der Waals surface area contributed by atoms with Gasteiger partial charge in [0.15, 0.2) is 0 Å². The molecule has 1 unspecified atom stereocenters. The zero-order valence-corrected chi connectivity index (χ0v) is 12.2. The number of likely N-dealkylation sites (tertiary alicyclic amines) is 1. The Morgan fingerprint density at radius 3 is 2.56 bits per heavy atom. The zero-order valence-electron chi connectivity index (χ0n) is 12.2. The SMILES string of the molecule is Cc1ccc([C@@]2(O)C[C@@H](C)[NH+](C)C[C@@H]2C)c(C)c1. The molecule has 1 saturated heterocycles. The molecule has 1 aliphatic heterocycles. The van der Waals surface area contributed by atoms with Crippen molar-refractivity contribution in [3.05, 3.63) is 34.9 Å². The predicted octanol–water partition coefficient (Wildman–Crippen LogP) is 1.43. The van der Waals surface area contributed by atoms with Gasteiger partial charge in [0, 0.05) is 12.3 Å². The number of piperidine rings is 1. The summed E-state index contributed by atoms with van der Waals surface area (Å²) in [6.07, 6.45) is 0.851. The number of hydrogen-bond donors (Lipinski definition) is 2. The topological polar surface area (TPSA) is 24.7 Å². The third kappa shape index (κ3) is 2.19. The summed E-state index contributed by atoms with van der Waals surface area (Å²) in [7, 11) is 2.22. The fourth-order valence-electron chi connectivity index (χ4n) is 3.37. The number of aliphatic hydroxyl groups is 1. The first-order valence-corrected chi connectivity index (χ1v) is 6.97. The number of nitrogens with one attached hydrogen (secondary N) is 1. The third-order valence-corrected chi connectivity index (χ3v) is 4.75. The van der Waals surface area contributed by atoms with Crippen molar-refractivity contribution in [1.82, 2.24) is 0 Å². The highest BCUT2D eigenvalue weighted by atomic mass is 16.3. The van der Waals surface area contributed by atoms with E-state index in [9.17, 15) is 5.11 Å². The first-order valence-electron chi connectivity index (χ1n) is 6.97. The van der Waals surface area contributed by atoms with Crippen LogP contribution in [-0.2, 0) is 5.60 Å². The lowest BCUT2D eigenvalue weighted by molar-refractivity contribution is -0.916. The fourth-order valence-corrected chi connectivity index (χ4v) is 3.37. The molecule has 2 N–H and O–H groups in total. The van der Waals surface area contributed by atoms with E-state index in [1.165, 1.54) is 16.0 Å². The quantitative estimate of drug-likeness (QED) is 0.772. The number of benzene rings is 1. The van der Waals surface area contributed by atoms with Gasteiger partial charge in [-0.15, -0.1) is 0 Å². The minimum Gasteiger partial charge on any atom is -0.384 e. The molecule has 0 saturated carbocycles. The molecule has 0 bridgehead atoms. The number of rotatable bonds is 1. The highest BCUT2D eigenvalue weighted by molar-refractivity contribution is 5.35. The van der Waals surface area contributed by atoms with Crippen molar-refractivity contribution in [3.63, 3.8) is 0 Å². The Labute approximate surface area is 111 Å². The van der Waals surface area contributed by atoms with Gasteiger partial charge >= 0.3 is 0 Å². The summed E-state index contributed by atoms with van der Waals surface area (Å²) in [5.41, 5.74) is 2.95. The Morgan fingerprint density at radius 2 is 1.94 bits per heavy atom. The van der Waals surface area contributed by atoms with E-state index in [-0.39, 0.29) is 0 Å². The molecule has 100 valence electrons. The lowest BCUT2D eigenvalue weighted by atomic mass is 9.73. The highest BCUT2D eigenvalue weighted by Crippen LogP contribution is 2.37. The summed E-state index contributed by atoms with van der Waals surface area (Å²) in [6.45, 7) is 9.66. The van der Waals surface area contributed by atoms with Gasteiger partial charge in [0.1, 0.15) is 5.60 Å². The summed E-state index contributed by atoms with van der Waals surface area (Å²) in [4.78, 5) is 1.52. The summed E-state index contributed by atoms with van der Waals surface area (Å²) in [6, 6.07) is 6.92. The van der Waals surface area contributed by atoms with E-state index in [1.54, 1.807) is 0 Å². The van der Waals surface area contributed by atoms with Gasteiger partial charge in [0.05, 0.1) is 19.6 Å². The molecule has 0 aromatic heterocycles. The van der Waals surface area contributed by atoms with E-state index in [0.717, 1.165) is 18.5 Å². The maximum atomic E-state index is 11.2. The average Bonchev–Trinajstić information content (AvgIpc) is 2.26. The Kier molecular flexibility index (Phi) is 3.52. The average molecular weight is 248 g/mol. The van der Waals surface area contributed by atoms with Gasteiger partial charge in [0.25, 0.3) is 0 Å². The molecule has 1 aromatic rings. The lowest BCUT2D eigenvalue weighted by Gasteiger charge is -2.44. The van der Waals surface area contributed by atoms with E-state index in [4.69, 9.17) is 0 Å². The van der Waals surface area contributed by atoms with Crippen LogP contribution in [0, 0.1) is 19.8 Å². The molecule has 0 aliphatic carbocycles. The van der Waals surface area contributed by atoms with Crippen LogP contribution in [0.5, 0.6) is 0 Å². The smallest absolute Gasteiger partial charge is 0.103 e. The lowest BCUT2D eigenvalue weighted by Crippen LogP contribution is -3.15. The van der Waals surface area contributed by atoms with Crippen LogP contribution in [0.4, 0.5) is 0 Å². The van der Waals surface area contributed by atoms with Crippen LogP contribution in [0.3, 0.4) is 0 Å². The van der Waals surface area contributed by atoms with Crippen LogP contribution >= 0.6 is 0 Å². The molecule has 1 fully saturated rings. The number of hydrogen-bond acceptors (Lipinski definition) is 1. The molecule has 2 rings (SSSR count). The van der Waals surface area contributed by atoms with E-state index < -0.39 is 5.60 Å². The molecule has 2 nitrogen and oxygen atoms in total. The zero-order chi connectivity index (χ0) is 13.5. The van der Waals surface area contributed by atoms with Crippen LogP contribution < -0.4 is 4.90 Å². The highest BCUT2D eigenvalue weighted by Gasteiger charge is 2.45. The molecule has 1 aliphatic rings. The summed E-state index contributed by atoms with van der Waals surface area (Å²) < 4.78 is 0. The van der Waals surface area contributed by atoms with Gasteiger partial charge < -0.3 is 10.0 Å². The van der Waals surface area contributed by atoms with Gasteiger partial charge in [-0.2, -0.15) is 0 Å². The minimum absolute atomic E-state index is 0.301. The van der Waals surface area contributed by atoms with Crippen LogP contribution in [0.2, 0.25) is 0 Å². The first-order chi connectivity index (χ1) is 8.34. The largest absolute Gasteiger partial charge is 0.384 e. The minimum atomic E-state index is -0.656. The van der Waals surface area contributed by atoms with Gasteiger partial charge in [-0.3, -0.25) is 0 Å². The molecule has 1 heterocycles. The molecule has 0 spiro atoms. The van der Waals surface area contributed by atoms with Crippen molar-refractivity contribution in [3.8, 4) is 0 Å². The Hall–Kier alpha value is -0.860. The van der Waals surface area contributed by atoms with Crippen molar-refractivity contribution in [2.75, 3.05) is 13.6 Å². The second-order valence-corrected chi connectivity index (χ2v) is 6.30. The Bertz CT molecular complexity index is 443. The number of aryl methyl sites for hydroxylation is 2. The van der Waals surface area contributed by atoms with E-state index >= 15 is 0 Å². The van der Waals surface area contributed by atoms with Gasteiger partial charge in [-0.25, -0.2) is 0 Å². The first kappa shape index (κ1) is 13.6. The molecular weight excluding hydrogens is 222 g/mol. The monoisotopic (exact) mass is 248 g/mol. The summed E-state index contributed by atoms with van der Waals surface area (Å²) >= 11 is 0. The Morgan fingerprint density at radius 1 is 1.28 bits per heavy atom. The molecule has 4 atom stereocenters. The molecule has 0 amide bonds. The predicted molar refractivity (Wildman–Crippen MR) is 74.8 cm³/mol. The fraction of sp³-hybridized carbons (Fsp3) is 0.625. The van der Waals surface area contributed by atoms with Gasteiger partial charge in [-0.1, -0.05) is 30.7 Å². The van der Waals surface area contributed by atoms with Gasteiger partial charge in [0.2, 0.25) is 0 Å². The third-order valence-electron chi connectivity index (χ3n) is 4.75. The number of quaternary nitrogens is 1. The van der Waals surface area contributed by atoms with E-state index in [2.05, 4.69) is 52.9 Å². The van der Waals surface area contributed by atoms with Crippen molar-refractivity contribution >= 4 is 0 Å². The molecule has 18 heavy (non-hydrogen) atoms. The second kappa shape index (κ2) is 4.67. The van der Waals surface area contributed by atoms with Crippen LogP contribution in [0.1, 0.15) is 37.0 Å². The maximum absolute atomic E-state index is 11.2. The molecule has 0 radical (unpaired) electrons. The van der Waals surface area contributed by atoms with Crippen LogP contribution in [0.25, 0.3) is 0 Å². The van der Waals surface area contributed by atoms with Crippen molar-refractivity contribution in [2.45, 2.75) is 45.8 Å². The second-order valence-electron chi connectivity index (χ2n) is 6.30. The van der Waals surface area contributed by atoms with Crippen molar-refractivity contribution in [1.29, 1.82) is 0 Å². The molecular formula is C16H26NO+. The maximum Gasteiger partial charge on any atom is 0.103 e. The normalized spacial score (nSPS) is 36.7. The molecule has 1 aromatic carbocycles. The van der Waals surface area contributed by atoms with Crippen molar-refractivity contribution in [2.24, 2.45) is 5.92 Å². The Balaban J connectivity index is 2.40. The van der Waals surface area contributed by atoms with Crippen molar-refractivity contribution < 1.29 is 10.0 Å². The van der Waals surface area contributed by atoms with E-state index in [1.807, 2.05) is 0 Å². The van der Waals surface area contributed by atoms with Crippen LogP contribution in [-0.4, -0.2) is 24.7 Å².